The zero-order valence-corrected chi connectivity index (χ0v) is 10.2. The molecule has 0 heterocycles. The second-order valence-corrected chi connectivity index (χ2v) is 4.18. The van der Waals surface area contributed by atoms with Crippen LogP contribution in [0.5, 0.6) is 0 Å². The first-order valence-corrected chi connectivity index (χ1v) is 5.62. The molecular weight excluding hydrogens is 239 g/mol. The zero-order valence-electron chi connectivity index (χ0n) is 9.41. The third-order valence-electron chi connectivity index (χ3n) is 2.52. The smallest absolute Gasteiger partial charge is 0.123 e. The molecule has 2 aromatic carbocycles. The number of rotatable bonds is 3. The van der Waals surface area contributed by atoms with Crippen molar-refractivity contribution < 1.29 is 9.13 Å². The largest absolute Gasteiger partial charge is 0.380 e. The van der Waals surface area contributed by atoms with Gasteiger partial charge in [0.05, 0.1) is 6.61 Å². The highest BCUT2D eigenvalue weighted by Crippen LogP contribution is 2.26. The Hall–Kier alpha value is -1.38. The van der Waals surface area contributed by atoms with E-state index in [2.05, 4.69) is 0 Å². The molecule has 0 aliphatic rings. The lowest BCUT2D eigenvalue weighted by Crippen LogP contribution is -1.93. The van der Waals surface area contributed by atoms with E-state index in [1.165, 1.54) is 12.1 Å². The lowest BCUT2D eigenvalue weighted by atomic mass is 10.00. The highest BCUT2D eigenvalue weighted by Gasteiger charge is 2.06. The molecule has 0 aromatic heterocycles. The van der Waals surface area contributed by atoms with Gasteiger partial charge in [-0.2, -0.15) is 0 Å². The third-order valence-corrected chi connectivity index (χ3v) is 2.77. The van der Waals surface area contributed by atoms with Crippen molar-refractivity contribution in [3.63, 3.8) is 0 Å². The minimum Gasteiger partial charge on any atom is -0.380 e. The molecule has 0 unspecified atom stereocenters. The van der Waals surface area contributed by atoms with Crippen LogP contribution in [0.1, 0.15) is 5.56 Å². The van der Waals surface area contributed by atoms with Crippen LogP contribution in [0.15, 0.2) is 42.5 Å². The zero-order chi connectivity index (χ0) is 12.3. The molecule has 3 heteroatoms. The van der Waals surface area contributed by atoms with Crippen LogP contribution in [0.3, 0.4) is 0 Å². The first-order valence-electron chi connectivity index (χ1n) is 5.24. The molecule has 0 radical (unpaired) electrons. The van der Waals surface area contributed by atoms with Gasteiger partial charge in [0.1, 0.15) is 5.82 Å². The van der Waals surface area contributed by atoms with Gasteiger partial charge in [0, 0.05) is 12.1 Å². The van der Waals surface area contributed by atoms with Crippen molar-refractivity contribution in [2.45, 2.75) is 6.61 Å². The summed E-state index contributed by atoms with van der Waals surface area (Å²) < 4.78 is 18.2. The Bertz CT molecular complexity index is 508. The van der Waals surface area contributed by atoms with E-state index in [9.17, 15) is 4.39 Å². The summed E-state index contributed by atoms with van der Waals surface area (Å²) in [5.74, 6) is -0.255. The lowest BCUT2D eigenvalue weighted by molar-refractivity contribution is 0.185. The number of hydrogen-bond acceptors (Lipinski definition) is 1. The van der Waals surface area contributed by atoms with Gasteiger partial charge in [0.15, 0.2) is 0 Å². The topological polar surface area (TPSA) is 9.23 Å². The van der Waals surface area contributed by atoms with Crippen molar-refractivity contribution in [2.24, 2.45) is 0 Å². The quantitative estimate of drug-likeness (QED) is 0.790. The van der Waals surface area contributed by atoms with E-state index in [1.807, 2.05) is 24.3 Å². The van der Waals surface area contributed by atoms with E-state index in [-0.39, 0.29) is 5.82 Å². The Morgan fingerprint density at radius 3 is 2.47 bits per heavy atom. The number of ether oxygens (including phenoxy) is 1. The summed E-state index contributed by atoms with van der Waals surface area (Å²) in [5, 5.41) is 0.684. The van der Waals surface area contributed by atoms with E-state index in [1.54, 1.807) is 13.2 Å². The Morgan fingerprint density at radius 2 is 1.82 bits per heavy atom. The highest BCUT2D eigenvalue weighted by molar-refractivity contribution is 6.30. The molecule has 0 amide bonds. The minimum atomic E-state index is -0.255. The molecule has 2 rings (SSSR count). The van der Waals surface area contributed by atoms with Crippen LogP contribution in [-0.4, -0.2) is 7.11 Å². The molecule has 0 spiro atoms. The van der Waals surface area contributed by atoms with Crippen molar-refractivity contribution in [3.8, 4) is 11.1 Å². The number of halogens is 2. The van der Waals surface area contributed by atoms with E-state index in [4.69, 9.17) is 16.3 Å². The Labute approximate surface area is 105 Å². The molecule has 2 aromatic rings. The monoisotopic (exact) mass is 250 g/mol. The van der Waals surface area contributed by atoms with Gasteiger partial charge in [-0.25, -0.2) is 4.39 Å². The molecular formula is C14H12ClFO. The SMILES string of the molecule is COCc1cc(F)ccc1-c1ccc(Cl)cc1. The van der Waals surface area contributed by atoms with Crippen molar-refractivity contribution in [1.29, 1.82) is 0 Å². The van der Waals surface area contributed by atoms with Crippen molar-refractivity contribution in [3.05, 3.63) is 58.9 Å². The van der Waals surface area contributed by atoms with Gasteiger partial charge < -0.3 is 4.74 Å². The van der Waals surface area contributed by atoms with Crippen molar-refractivity contribution >= 4 is 11.6 Å². The van der Waals surface area contributed by atoms with Crippen LogP contribution in [0.25, 0.3) is 11.1 Å². The van der Waals surface area contributed by atoms with Gasteiger partial charge in [-0.05, 0) is 41.0 Å². The molecule has 0 N–H and O–H groups in total. The fraction of sp³-hybridized carbons (Fsp3) is 0.143. The van der Waals surface area contributed by atoms with Crippen LogP contribution >= 0.6 is 11.6 Å². The standard InChI is InChI=1S/C14H12ClFO/c1-17-9-11-8-13(16)6-7-14(11)10-2-4-12(15)5-3-10/h2-8H,9H2,1H3. The Morgan fingerprint density at radius 1 is 1.12 bits per heavy atom. The molecule has 0 aliphatic carbocycles. The number of hydrogen-bond donors (Lipinski definition) is 0. The first kappa shape index (κ1) is 12.1. The third kappa shape index (κ3) is 2.84. The molecule has 0 atom stereocenters. The Kier molecular flexibility index (Phi) is 3.77. The van der Waals surface area contributed by atoms with Crippen LogP contribution in [0, 0.1) is 5.82 Å². The lowest BCUT2D eigenvalue weighted by Gasteiger charge is -2.09. The van der Waals surface area contributed by atoms with Gasteiger partial charge in [-0.3, -0.25) is 0 Å². The highest BCUT2D eigenvalue weighted by atomic mass is 35.5. The predicted molar refractivity (Wildman–Crippen MR) is 67.6 cm³/mol. The molecule has 17 heavy (non-hydrogen) atoms. The maximum absolute atomic E-state index is 13.2. The fourth-order valence-corrected chi connectivity index (χ4v) is 1.87. The van der Waals surface area contributed by atoms with Gasteiger partial charge in [-0.15, -0.1) is 0 Å². The first-order chi connectivity index (χ1) is 8.20. The molecule has 88 valence electrons. The summed E-state index contributed by atoms with van der Waals surface area (Å²) in [5.41, 5.74) is 2.79. The van der Waals surface area contributed by atoms with E-state index in [0.717, 1.165) is 16.7 Å². The van der Waals surface area contributed by atoms with Gasteiger partial charge in [-0.1, -0.05) is 29.8 Å². The summed E-state index contributed by atoms with van der Waals surface area (Å²) in [7, 11) is 1.59. The summed E-state index contributed by atoms with van der Waals surface area (Å²) in [6.45, 7) is 0.385. The maximum Gasteiger partial charge on any atom is 0.123 e. The molecule has 0 aliphatic heterocycles. The van der Waals surface area contributed by atoms with E-state index in [0.29, 0.717) is 11.6 Å². The maximum atomic E-state index is 13.2. The fourth-order valence-electron chi connectivity index (χ4n) is 1.75. The second kappa shape index (κ2) is 5.30. The molecule has 0 bridgehead atoms. The Balaban J connectivity index is 2.46. The van der Waals surface area contributed by atoms with Crippen LogP contribution < -0.4 is 0 Å². The summed E-state index contributed by atoms with van der Waals surface area (Å²) >= 11 is 5.84. The summed E-state index contributed by atoms with van der Waals surface area (Å²) in [6.07, 6.45) is 0. The average molecular weight is 251 g/mol. The van der Waals surface area contributed by atoms with Gasteiger partial charge in [0.2, 0.25) is 0 Å². The van der Waals surface area contributed by atoms with E-state index < -0.39 is 0 Å². The van der Waals surface area contributed by atoms with Crippen molar-refractivity contribution in [1.82, 2.24) is 0 Å². The second-order valence-electron chi connectivity index (χ2n) is 3.74. The van der Waals surface area contributed by atoms with Crippen molar-refractivity contribution in [2.75, 3.05) is 7.11 Å². The number of methoxy groups -OCH3 is 1. The summed E-state index contributed by atoms with van der Waals surface area (Å²) in [4.78, 5) is 0. The molecule has 0 fully saturated rings. The van der Waals surface area contributed by atoms with Gasteiger partial charge >= 0.3 is 0 Å². The van der Waals surface area contributed by atoms with Crippen LogP contribution in [0.2, 0.25) is 5.02 Å². The number of benzene rings is 2. The van der Waals surface area contributed by atoms with Gasteiger partial charge in [0.25, 0.3) is 0 Å². The minimum absolute atomic E-state index is 0.255. The normalized spacial score (nSPS) is 10.5. The molecule has 0 saturated heterocycles. The van der Waals surface area contributed by atoms with E-state index >= 15 is 0 Å². The summed E-state index contributed by atoms with van der Waals surface area (Å²) in [6, 6.07) is 12.2. The van der Waals surface area contributed by atoms with Crippen LogP contribution in [-0.2, 0) is 11.3 Å². The molecule has 0 saturated carbocycles. The molecule has 1 nitrogen and oxygen atoms in total. The predicted octanol–water partition coefficient (Wildman–Crippen LogP) is 4.29. The van der Waals surface area contributed by atoms with Crippen LogP contribution in [0.4, 0.5) is 4.39 Å². The average Bonchev–Trinajstić information content (AvgIpc) is 2.31.